The van der Waals surface area contributed by atoms with Crippen LogP contribution in [0.4, 0.5) is 10.5 Å². The summed E-state index contributed by atoms with van der Waals surface area (Å²) in [6.07, 6.45) is -1.06. The number of imide groups is 1. The molecule has 21 heavy (non-hydrogen) atoms. The van der Waals surface area contributed by atoms with E-state index in [0.717, 1.165) is 12.1 Å². The predicted molar refractivity (Wildman–Crippen MR) is 70.7 cm³/mol. The summed E-state index contributed by atoms with van der Waals surface area (Å²) in [5, 5.41) is 17.4. The van der Waals surface area contributed by atoms with Gasteiger partial charge < -0.3 is 10.6 Å². The Kier molecular flexibility index (Phi) is 4.03. The van der Waals surface area contributed by atoms with Crippen molar-refractivity contribution in [2.24, 2.45) is 0 Å². The number of nitrogens with one attached hydrogen (secondary N) is 3. The molecule has 9 nitrogen and oxygen atoms in total. The second-order valence-electron chi connectivity index (χ2n) is 4.17. The number of amides is 4. The molecule has 1 fully saturated rings. The quantitative estimate of drug-likeness (QED) is 0.553. The molecule has 3 N–H and O–H groups in total. The molecule has 110 valence electrons. The van der Waals surface area contributed by atoms with Crippen LogP contribution in [0.3, 0.4) is 0 Å². The summed E-state index contributed by atoms with van der Waals surface area (Å²) in [4.78, 5) is 44.3. The van der Waals surface area contributed by atoms with Crippen LogP contribution < -0.4 is 16.0 Å². The van der Waals surface area contributed by atoms with Gasteiger partial charge in [0, 0.05) is 12.1 Å². The van der Waals surface area contributed by atoms with Crippen molar-refractivity contribution in [2.45, 2.75) is 12.6 Å². The molecule has 1 atom stereocenters. The SMILES string of the molecule is O=C1CC(NC(=O)c2cc([N+](=O)[O-])ccc2Cl)NC(=O)N1. The van der Waals surface area contributed by atoms with Gasteiger partial charge in [0.25, 0.3) is 11.6 Å². The first-order valence-electron chi connectivity index (χ1n) is 5.72. The lowest BCUT2D eigenvalue weighted by Crippen LogP contribution is -2.58. The highest BCUT2D eigenvalue weighted by atomic mass is 35.5. The Labute approximate surface area is 122 Å². The molecule has 1 saturated heterocycles. The number of carbonyl (C=O) groups excluding carboxylic acids is 3. The van der Waals surface area contributed by atoms with Crippen LogP contribution in [-0.2, 0) is 4.79 Å². The van der Waals surface area contributed by atoms with Gasteiger partial charge in [-0.25, -0.2) is 4.79 Å². The number of halogens is 1. The van der Waals surface area contributed by atoms with Crippen LogP contribution in [0.2, 0.25) is 5.02 Å². The van der Waals surface area contributed by atoms with Gasteiger partial charge in [-0.3, -0.25) is 25.0 Å². The molecule has 1 aliphatic rings. The monoisotopic (exact) mass is 312 g/mol. The van der Waals surface area contributed by atoms with Crippen LogP contribution in [0.1, 0.15) is 16.8 Å². The molecule has 1 aliphatic heterocycles. The van der Waals surface area contributed by atoms with E-state index in [4.69, 9.17) is 11.6 Å². The number of nitro groups is 1. The third-order valence-electron chi connectivity index (χ3n) is 2.66. The minimum Gasteiger partial charge on any atom is -0.331 e. The maximum atomic E-state index is 12.0. The lowest BCUT2D eigenvalue weighted by atomic mass is 10.1. The van der Waals surface area contributed by atoms with Crippen molar-refractivity contribution in [1.82, 2.24) is 16.0 Å². The molecule has 1 aromatic rings. The van der Waals surface area contributed by atoms with E-state index < -0.39 is 28.9 Å². The fraction of sp³-hybridized carbons (Fsp3) is 0.182. The van der Waals surface area contributed by atoms with Crippen molar-refractivity contribution in [3.63, 3.8) is 0 Å². The zero-order chi connectivity index (χ0) is 15.6. The smallest absolute Gasteiger partial charge is 0.323 e. The molecule has 4 amide bonds. The molecule has 0 aliphatic carbocycles. The molecule has 1 unspecified atom stereocenters. The average molecular weight is 313 g/mol. The first-order chi connectivity index (χ1) is 9.86. The topological polar surface area (TPSA) is 130 Å². The third-order valence-corrected chi connectivity index (χ3v) is 2.99. The second-order valence-corrected chi connectivity index (χ2v) is 4.58. The summed E-state index contributed by atoms with van der Waals surface area (Å²) in [5.74, 6) is -1.28. The van der Waals surface area contributed by atoms with Gasteiger partial charge in [0.1, 0.15) is 6.17 Å². The summed E-state index contributed by atoms with van der Waals surface area (Å²) in [6.45, 7) is 0. The molecule has 1 heterocycles. The number of benzene rings is 1. The largest absolute Gasteiger partial charge is 0.331 e. The first-order valence-corrected chi connectivity index (χ1v) is 6.10. The Hall–Kier alpha value is -2.68. The van der Waals surface area contributed by atoms with E-state index in [1.54, 1.807) is 0 Å². The molecule has 1 aromatic carbocycles. The van der Waals surface area contributed by atoms with Crippen LogP contribution >= 0.6 is 11.6 Å². The maximum absolute atomic E-state index is 12.0. The van der Waals surface area contributed by atoms with E-state index >= 15 is 0 Å². The van der Waals surface area contributed by atoms with Crippen molar-refractivity contribution < 1.29 is 19.3 Å². The van der Waals surface area contributed by atoms with Crippen molar-refractivity contribution in [2.75, 3.05) is 0 Å². The number of nitrogens with zero attached hydrogens (tertiary/aromatic N) is 1. The van der Waals surface area contributed by atoms with Gasteiger partial charge in [-0.2, -0.15) is 0 Å². The van der Waals surface area contributed by atoms with E-state index in [0.29, 0.717) is 0 Å². The van der Waals surface area contributed by atoms with Gasteiger partial charge in [0.05, 0.1) is 21.9 Å². The molecule has 0 spiro atoms. The molecular weight excluding hydrogens is 304 g/mol. The number of nitro benzene ring substituents is 1. The Morgan fingerprint density at radius 3 is 2.76 bits per heavy atom. The van der Waals surface area contributed by atoms with Gasteiger partial charge >= 0.3 is 6.03 Å². The number of hydrogen-bond acceptors (Lipinski definition) is 5. The van der Waals surface area contributed by atoms with E-state index in [9.17, 15) is 24.5 Å². The van der Waals surface area contributed by atoms with E-state index in [1.165, 1.54) is 6.07 Å². The van der Waals surface area contributed by atoms with Crippen molar-refractivity contribution >= 4 is 35.1 Å². The normalized spacial score (nSPS) is 17.7. The number of urea groups is 1. The molecule has 2 rings (SSSR count). The van der Waals surface area contributed by atoms with Gasteiger partial charge in [-0.05, 0) is 6.07 Å². The minimum absolute atomic E-state index is 0.0182. The summed E-state index contributed by atoms with van der Waals surface area (Å²) in [6, 6.07) is 2.67. The van der Waals surface area contributed by atoms with E-state index in [1.807, 2.05) is 5.32 Å². The van der Waals surface area contributed by atoms with E-state index in [2.05, 4.69) is 10.6 Å². The summed E-state index contributed by atoms with van der Waals surface area (Å²) >= 11 is 5.82. The average Bonchev–Trinajstić information content (AvgIpc) is 2.37. The fourth-order valence-corrected chi connectivity index (χ4v) is 1.94. The van der Waals surface area contributed by atoms with Gasteiger partial charge in [-0.15, -0.1) is 0 Å². The maximum Gasteiger partial charge on any atom is 0.323 e. The standard InChI is InChI=1S/C11H9ClN4O5/c12-7-2-1-5(16(20)21)3-6(7)10(18)13-8-4-9(17)15-11(19)14-8/h1-3,8H,4H2,(H,13,18)(H2,14,15,17,19). The second kappa shape index (κ2) is 5.75. The first kappa shape index (κ1) is 14.7. The number of hydrogen-bond donors (Lipinski definition) is 3. The summed E-state index contributed by atoms with van der Waals surface area (Å²) < 4.78 is 0. The van der Waals surface area contributed by atoms with Gasteiger partial charge in [-0.1, -0.05) is 11.6 Å². The Morgan fingerprint density at radius 1 is 1.43 bits per heavy atom. The number of non-ortho nitro benzene ring substituents is 1. The zero-order valence-corrected chi connectivity index (χ0v) is 11.1. The minimum atomic E-state index is -0.908. The lowest BCUT2D eigenvalue weighted by molar-refractivity contribution is -0.384. The van der Waals surface area contributed by atoms with Crippen LogP contribution in [0.5, 0.6) is 0 Å². The van der Waals surface area contributed by atoms with Crippen molar-refractivity contribution in [3.05, 3.63) is 38.9 Å². The Morgan fingerprint density at radius 2 is 2.14 bits per heavy atom. The molecule has 0 radical (unpaired) electrons. The third kappa shape index (κ3) is 3.45. The highest BCUT2D eigenvalue weighted by molar-refractivity contribution is 6.34. The van der Waals surface area contributed by atoms with Crippen LogP contribution in [-0.4, -0.2) is 28.9 Å². The molecule has 0 aromatic heterocycles. The molecular formula is C11H9ClN4O5. The van der Waals surface area contributed by atoms with Crippen molar-refractivity contribution in [3.8, 4) is 0 Å². The highest BCUT2D eigenvalue weighted by Crippen LogP contribution is 2.22. The van der Waals surface area contributed by atoms with Gasteiger partial charge in [0.2, 0.25) is 5.91 Å². The highest BCUT2D eigenvalue weighted by Gasteiger charge is 2.26. The Bertz CT molecular complexity index is 632. The predicted octanol–water partition coefficient (Wildman–Crippen LogP) is 0.534. The van der Waals surface area contributed by atoms with E-state index in [-0.39, 0.29) is 22.7 Å². The number of rotatable bonds is 3. The van der Waals surface area contributed by atoms with Crippen LogP contribution in [0.15, 0.2) is 18.2 Å². The summed E-state index contributed by atoms with van der Waals surface area (Å²) in [7, 11) is 0. The lowest BCUT2D eigenvalue weighted by Gasteiger charge is -2.24. The zero-order valence-electron chi connectivity index (χ0n) is 10.4. The molecule has 0 bridgehead atoms. The molecule has 10 heteroatoms. The number of carbonyl (C=O) groups is 3. The van der Waals surface area contributed by atoms with Gasteiger partial charge in [0.15, 0.2) is 0 Å². The van der Waals surface area contributed by atoms with Crippen molar-refractivity contribution in [1.29, 1.82) is 0 Å². The summed E-state index contributed by atoms with van der Waals surface area (Å²) in [5.41, 5.74) is -0.416. The van der Waals surface area contributed by atoms with Crippen LogP contribution in [0, 0.1) is 10.1 Å². The van der Waals surface area contributed by atoms with Crippen LogP contribution in [0.25, 0.3) is 0 Å². The fourth-order valence-electron chi connectivity index (χ4n) is 1.73. The molecule has 0 saturated carbocycles. The Balaban J connectivity index is 2.16.